The molecule has 0 amide bonds. The second-order valence-corrected chi connectivity index (χ2v) is 8.65. The summed E-state index contributed by atoms with van der Waals surface area (Å²) in [5.41, 5.74) is 8.23. The van der Waals surface area contributed by atoms with Crippen LogP contribution in [-0.2, 0) is 5.41 Å². The quantitative estimate of drug-likeness (QED) is 0.365. The van der Waals surface area contributed by atoms with E-state index in [1.165, 1.54) is 72.9 Å². The second-order valence-electron chi connectivity index (χ2n) is 8.65. The summed E-state index contributed by atoms with van der Waals surface area (Å²) in [4.78, 5) is 0. The van der Waals surface area contributed by atoms with Crippen molar-refractivity contribution in [3.8, 4) is 11.1 Å². The zero-order chi connectivity index (χ0) is 20.1. The SMILES string of the molecule is CCCCCCCCC1(C)c2ccccc2-c2ccc(Nc3ccccc3)cc21. The highest BCUT2D eigenvalue weighted by atomic mass is 14.9. The summed E-state index contributed by atoms with van der Waals surface area (Å²) >= 11 is 0. The number of para-hydroxylation sites is 1. The van der Waals surface area contributed by atoms with Crippen LogP contribution in [0.15, 0.2) is 72.8 Å². The number of nitrogens with one attached hydrogen (secondary N) is 1. The lowest BCUT2D eigenvalue weighted by molar-refractivity contribution is 0.481. The average molecular weight is 384 g/mol. The van der Waals surface area contributed by atoms with E-state index in [-0.39, 0.29) is 5.41 Å². The Morgan fingerprint density at radius 3 is 2.17 bits per heavy atom. The summed E-state index contributed by atoms with van der Waals surface area (Å²) < 4.78 is 0. The normalized spacial score (nSPS) is 17.0. The molecule has 0 bridgehead atoms. The lowest BCUT2D eigenvalue weighted by Gasteiger charge is -2.28. The van der Waals surface area contributed by atoms with Gasteiger partial charge >= 0.3 is 0 Å². The van der Waals surface area contributed by atoms with Gasteiger partial charge in [-0.2, -0.15) is 0 Å². The van der Waals surface area contributed by atoms with Crippen molar-refractivity contribution in [2.75, 3.05) is 5.32 Å². The minimum Gasteiger partial charge on any atom is -0.356 e. The highest BCUT2D eigenvalue weighted by molar-refractivity contribution is 5.83. The Morgan fingerprint density at radius 2 is 1.34 bits per heavy atom. The van der Waals surface area contributed by atoms with Crippen LogP contribution in [0.4, 0.5) is 11.4 Å². The van der Waals surface area contributed by atoms with Gasteiger partial charge in [-0.3, -0.25) is 0 Å². The van der Waals surface area contributed by atoms with Gasteiger partial charge in [0.25, 0.3) is 0 Å². The molecule has 1 nitrogen and oxygen atoms in total. The molecule has 1 atom stereocenters. The molecule has 3 aromatic rings. The van der Waals surface area contributed by atoms with Gasteiger partial charge in [0.1, 0.15) is 0 Å². The van der Waals surface area contributed by atoms with Crippen LogP contribution in [0, 0.1) is 0 Å². The van der Waals surface area contributed by atoms with Crippen molar-refractivity contribution in [3.63, 3.8) is 0 Å². The number of fused-ring (bicyclic) bond motifs is 3. The smallest absolute Gasteiger partial charge is 0.0387 e. The largest absolute Gasteiger partial charge is 0.356 e. The first-order chi connectivity index (χ1) is 14.2. The number of hydrogen-bond acceptors (Lipinski definition) is 1. The Kier molecular flexibility index (Phi) is 6.04. The number of benzene rings is 3. The van der Waals surface area contributed by atoms with Crippen LogP contribution in [0.25, 0.3) is 11.1 Å². The van der Waals surface area contributed by atoms with E-state index in [2.05, 4.69) is 92.0 Å². The van der Waals surface area contributed by atoms with Crippen molar-refractivity contribution in [3.05, 3.63) is 83.9 Å². The Hall–Kier alpha value is -2.54. The molecule has 0 spiro atoms. The maximum absolute atomic E-state index is 3.59. The molecule has 1 N–H and O–H groups in total. The van der Waals surface area contributed by atoms with Crippen LogP contribution in [0.2, 0.25) is 0 Å². The molecule has 1 aliphatic carbocycles. The van der Waals surface area contributed by atoms with Gasteiger partial charge in [0.2, 0.25) is 0 Å². The zero-order valence-electron chi connectivity index (χ0n) is 17.9. The molecule has 0 aliphatic heterocycles. The third-order valence-corrected chi connectivity index (χ3v) is 6.52. The molecular formula is C28H33N. The van der Waals surface area contributed by atoms with Crippen molar-refractivity contribution < 1.29 is 0 Å². The van der Waals surface area contributed by atoms with Gasteiger partial charge in [0, 0.05) is 16.8 Å². The van der Waals surface area contributed by atoms with Crippen molar-refractivity contribution in [1.29, 1.82) is 0 Å². The van der Waals surface area contributed by atoms with Crippen molar-refractivity contribution in [1.82, 2.24) is 0 Å². The minimum absolute atomic E-state index is 0.102. The van der Waals surface area contributed by atoms with Crippen molar-refractivity contribution in [2.24, 2.45) is 0 Å². The lowest BCUT2D eigenvalue weighted by Crippen LogP contribution is -2.20. The number of rotatable bonds is 9. The monoisotopic (exact) mass is 383 g/mol. The summed E-state index contributed by atoms with van der Waals surface area (Å²) in [7, 11) is 0. The van der Waals surface area contributed by atoms with Gasteiger partial charge in [-0.25, -0.2) is 0 Å². The lowest BCUT2D eigenvalue weighted by atomic mass is 9.76. The fraction of sp³-hybridized carbons (Fsp3) is 0.357. The Bertz CT molecular complexity index is 944. The molecular weight excluding hydrogens is 350 g/mol. The zero-order valence-corrected chi connectivity index (χ0v) is 17.9. The Morgan fingerprint density at radius 1 is 0.655 bits per heavy atom. The predicted octanol–water partition coefficient (Wildman–Crippen LogP) is 8.47. The molecule has 0 aromatic heterocycles. The Balaban J connectivity index is 1.59. The first kappa shape index (κ1) is 19.8. The third-order valence-electron chi connectivity index (χ3n) is 6.52. The van der Waals surface area contributed by atoms with E-state index < -0.39 is 0 Å². The fourth-order valence-electron chi connectivity index (χ4n) is 4.87. The standard InChI is InChI=1S/C28H33N/c1-3-4-5-6-7-13-20-28(2)26-17-12-11-16-24(26)25-19-18-23(21-27(25)28)29-22-14-9-8-10-15-22/h8-12,14-19,21,29H,3-7,13,20H2,1-2H3. The van der Waals surface area contributed by atoms with E-state index >= 15 is 0 Å². The van der Waals surface area contributed by atoms with E-state index in [1.54, 1.807) is 0 Å². The summed E-state index contributed by atoms with van der Waals surface area (Å²) in [5.74, 6) is 0. The van der Waals surface area contributed by atoms with E-state index in [9.17, 15) is 0 Å². The molecule has 29 heavy (non-hydrogen) atoms. The first-order valence-electron chi connectivity index (χ1n) is 11.3. The highest BCUT2D eigenvalue weighted by Crippen LogP contribution is 2.52. The van der Waals surface area contributed by atoms with Crippen LogP contribution >= 0.6 is 0 Å². The van der Waals surface area contributed by atoms with Crippen molar-refractivity contribution >= 4 is 11.4 Å². The summed E-state index contributed by atoms with van der Waals surface area (Å²) in [6.45, 7) is 4.74. The second kappa shape index (κ2) is 8.86. The minimum atomic E-state index is 0.102. The third kappa shape index (κ3) is 4.10. The maximum atomic E-state index is 3.59. The van der Waals surface area contributed by atoms with Gasteiger partial charge in [-0.05, 0) is 52.9 Å². The van der Waals surface area contributed by atoms with E-state index in [4.69, 9.17) is 0 Å². The molecule has 3 aromatic carbocycles. The first-order valence-corrected chi connectivity index (χ1v) is 11.3. The summed E-state index contributed by atoms with van der Waals surface area (Å²) in [6, 6.07) is 26.4. The number of hydrogen-bond donors (Lipinski definition) is 1. The van der Waals surface area contributed by atoms with Gasteiger partial charge in [0.05, 0.1) is 0 Å². The van der Waals surface area contributed by atoms with E-state index in [0.29, 0.717) is 0 Å². The molecule has 1 unspecified atom stereocenters. The molecule has 0 saturated carbocycles. The number of anilines is 2. The molecule has 0 saturated heterocycles. The van der Waals surface area contributed by atoms with Gasteiger partial charge in [0.15, 0.2) is 0 Å². The number of unbranched alkanes of at least 4 members (excludes halogenated alkanes) is 5. The molecule has 150 valence electrons. The van der Waals surface area contributed by atoms with Crippen molar-refractivity contribution in [2.45, 2.75) is 64.2 Å². The topological polar surface area (TPSA) is 12.0 Å². The Labute approximate surface area is 176 Å². The molecule has 4 rings (SSSR count). The van der Waals surface area contributed by atoms with E-state index in [0.717, 1.165) is 5.69 Å². The van der Waals surface area contributed by atoms with Gasteiger partial charge < -0.3 is 5.32 Å². The summed E-state index contributed by atoms with van der Waals surface area (Å²) in [6.07, 6.45) is 9.30. The predicted molar refractivity (Wildman–Crippen MR) is 126 cm³/mol. The molecule has 1 aliphatic rings. The highest BCUT2D eigenvalue weighted by Gasteiger charge is 2.38. The average Bonchev–Trinajstić information content (AvgIpc) is 3.00. The maximum Gasteiger partial charge on any atom is 0.0387 e. The van der Waals surface area contributed by atoms with Crippen LogP contribution in [0.1, 0.15) is 69.9 Å². The van der Waals surface area contributed by atoms with Crippen LogP contribution in [0.5, 0.6) is 0 Å². The molecule has 1 heteroatoms. The van der Waals surface area contributed by atoms with Gasteiger partial charge in [-0.1, -0.05) is 101 Å². The van der Waals surface area contributed by atoms with Gasteiger partial charge in [-0.15, -0.1) is 0 Å². The fourth-order valence-corrected chi connectivity index (χ4v) is 4.87. The molecule has 0 fully saturated rings. The molecule has 0 radical (unpaired) electrons. The van der Waals surface area contributed by atoms with Crippen LogP contribution < -0.4 is 5.32 Å². The van der Waals surface area contributed by atoms with Crippen LogP contribution in [-0.4, -0.2) is 0 Å². The molecule has 0 heterocycles. The summed E-state index contributed by atoms with van der Waals surface area (Å²) in [5, 5.41) is 3.59. The van der Waals surface area contributed by atoms with Crippen LogP contribution in [0.3, 0.4) is 0 Å². The van der Waals surface area contributed by atoms with E-state index in [1.807, 2.05) is 0 Å².